The summed E-state index contributed by atoms with van der Waals surface area (Å²) in [7, 11) is 1.17. The lowest BCUT2D eigenvalue weighted by molar-refractivity contribution is -0.141. The normalized spacial score (nSPS) is 12.3. The van der Waals surface area contributed by atoms with Crippen LogP contribution >= 0.6 is 11.6 Å². The van der Waals surface area contributed by atoms with Crippen molar-refractivity contribution in [2.45, 2.75) is 12.5 Å². The minimum atomic E-state index is -1.09. The fourth-order valence-corrected chi connectivity index (χ4v) is 1.46. The fourth-order valence-electron chi connectivity index (χ4n) is 1.27. The Morgan fingerprint density at radius 3 is 2.44 bits per heavy atom. The first-order valence-electron chi connectivity index (χ1n) is 4.42. The SMILES string of the molecule is COC(=O)C[C@@H](N)c1c(F)cc(Cl)cc1F. The van der Waals surface area contributed by atoms with Crippen molar-refractivity contribution >= 4 is 17.6 Å². The molecule has 0 aliphatic carbocycles. The molecule has 1 atom stereocenters. The number of hydrogen-bond acceptors (Lipinski definition) is 3. The summed E-state index contributed by atoms with van der Waals surface area (Å²) < 4.78 is 31.1. The number of benzene rings is 1. The van der Waals surface area contributed by atoms with Crippen molar-refractivity contribution in [1.29, 1.82) is 0 Å². The van der Waals surface area contributed by atoms with Crippen LogP contribution in [0.15, 0.2) is 12.1 Å². The number of esters is 1. The fraction of sp³-hybridized carbons (Fsp3) is 0.300. The van der Waals surface area contributed by atoms with E-state index in [9.17, 15) is 13.6 Å². The number of carbonyl (C=O) groups is 1. The third-order valence-corrected chi connectivity index (χ3v) is 2.25. The van der Waals surface area contributed by atoms with Gasteiger partial charge in [-0.3, -0.25) is 4.79 Å². The second kappa shape index (κ2) is 5.23. The third kappa shape index (κ3) is 2.90. The third-order valence-electron chi connectivity index (χ3n) is 2.03. The number of nitrogens with two attached hydrogens (primary N) is 1. The summed E-state index contributed by atoms with van der Waals surface area (Å²) >= 11 is 5.45. The van der Waals surface area contributed by atoms with Gasteiger partial charge in [0.2, 0.25) is 0 Å². The lowest BCUT2D eigenvalue weighted by atomic mass is 10.0. The van der Waals surface area contributed by atoms with Gasteiger partial charge in [0.25, 0.3) is 0 Å². The van der Waals surface area contributed by atoms with Gasteiger partial charge in [0.05, 0.1) is 13.5 Å². The highest BCUT2D eigenvalue weighted by molar-refractivity contribution is 6.30. The summed E-state index contributed by atoms with van der Waals surface area (Å²) in [5.41, 5.74) is 5.13. The molecule has 0 aliphatic rings. The molecule has 0 unspecified atom stereocenters. The van der Waals surface area contributed by atoms with E-state index in [2.05, 4.69) is 4.74 Å². The van der Waals surface area contributed by atoms with E-state index in [1.54, 1.807) is 0 Å². The highest BCUT2D eigenvalue weighted by atomic mass is 35.5. The maximum absolute atomic E-state index is 13.4. The van der Waals surface area contributed by atoms with Crippen LogP contribution in [0.1, 0.15) is 18.0 Å². The molecule has 0 radical (unpaired) electrons. The number of carbonyl (C=O) groups excluding carboxylic acids is 1. The molecule has 1 aromatic carbocycles. The second-order valence-electron chi connectivity index (χ2n) is 3.17. The largest absolute Gasteiger partial charge is 0.469 e. The monoisotopic (exact) mass is 249 g/mol. The number of hydrogen-bond donors (Lipinski definition) is 1. The molecule has 88 valence electrons. The molecule has 1 rings (SSSR count). The van der Waals surface area contributed by atoms with Gasteiger partial charge in [0.15, 0.2) is 0 Å². The molecule has 0 fully saturated rings. The van der Waals surface area contributed by atoms with E-state index in [4.69, 9.17) is 17.3 Å². The molecule has 0 saturated carbocycles. The van der Waals surface area contributed by atoms with Crippen molar-refractivity contribution in [2.24, 2.45) is 5.73 Å². The van der Waals surface area contributed by atoms with Crippen LogP contribution < -0.4 is 5.73 Å². The predicted molar refractivity (Wildman–Crippen MR) is 54.9 cm³/mol. The van der Waals surface area contributed by atoms with Gasteiger partial charge in [0.1, 0.15) is 11.6 Å². The molecule has 0 saturated heterocycles. The summed E-state index contributed by atoms with van der Waals surface area (Å²) in [5.74, 6) is -2.39. The smallest absolute Gasteiger partial charge is 0.307 e. The molecule has 0 amide bonds. The lowest BCUT2D eigenvalue weighted by Gasteiger charge is -2.12. The van der Waals surface area contributed by atoms with Gasteiger partial charge in [-0.15, -0.1) is 0 Å². The minimum Gasteiger partial charge on any atom is -0.469 e. The number of halogens is 3. The zero-order chi connectivity index (χ0) is 12.3. The lowest BCUT2D eigenvalue weighted by Crippen LogP contribution is -2.19. The molecule has 3 nitrogen and oxygen atoms in total. The average Bonchev–Trinajstić information content (AvgIpc) is 2.15. The highest BCUT2D eigenvalue weighted by Gasteiger charge is 2.20. The first-order chi connectivity index (χ1) is 7.45. The Hall–Kier alpha value is -1.20. The first kappa shape index (κ1) is 12.9. The van der Waals surface area contributed by atoms with Crippen molar-refractivity contribution in [1.82, 2.24) is 0 Å². The van der Waals surface area contributed by atoms with Gasteiger partial charge in [-0.05, 0) is 12.1 Å². The summed E-state index contributed by atoms with van der Waals surface area (Å²) in [6.07, 6.45) is -0.300. The van der Waals surface area contributed by atoms with E-state index < -0.39 is 23.6 Å². The number of methoxy groups -OCH3 is 1. The topological polar surface area (TPSA) is 52.3 Å². The zero-order valence-electron chi connectivity index (χ0n) is 8.47. The number of rotatable bonds is 3. The molecule has 0 aliphatic heterocycles. The second-order valence-corrected chi connectivity index (χ2v) is 3.61. The standard InChI is InChI=1S/C10H10ClF2NO2/c1-16-9(15)4-8(14)10-6(12)2-5(11)3-7(10)13/h2-3,8H,4,14H2,1H3/t8-/m1/s1. The molecular weight excluding hydrogens is 240 g/mol. The van der Waals surface area contributed by atoms with Crippen molar-refractivity contribution in [3.05, 3.63) is 34.4 Å². The summed E-state index contributed by atoms with van der Waals surface area (Å²) in [4.78, 5) is 10.9. The van der Waals surface area contributed by atoms with Gasteiger partial charge in [0, 0.05) is 16.6 Å². The van der Waals surface area contributed by atoms with Crippen LogP contribution in [0.5, 0.6) is 0 Å². The van der Waals surface area contributed by atoms with E-state index >= 15 is 0 Å². The molecule has 0 spiro atoms. The Balaban J connectivity index is 2.99. The predicted octanol–water partition coefficient (Wildman–Crippen LogP) is 2.18. The van der Waals surface area contributed by atoms with Crippen molar-refractivity contribution in [3.8, 4) is 0 Å². The average molecular weight is 250 g/mol. The van der Waals surface area contributed by atoms with Gasteiger partial charge in [-0.2, -0.15) is 0 Å². The van der Waals surface area contributed by atoms with Crippen LogP contribution in [0.25, 0.3) is 0 Å². The van der Waals surface area contributed by atoms with Crippen molar-refractivity contribution in [2.75, 3.05) is 7.11 Å². The Morgan fingerprint density at radius 2 is 2.00 bits per heavy atom. The highest BCUT2D eigenvalue weighted by Crippen LogP contribution is 2.25. The molecule has 0 aromatic heterocycles. The van der Waals surface area contributed by atoms with Crippen LogP contribution in [0, 0.1) is 11.6 Å². The molecular formula is C10H10ClF2NO2. The zero-order valence-corrected chi connectivity index (χ0v) is 9.22. The van der Waals surface area contributed by atoms with E-state index in [1.165, 1.54) is 7.11 Å². The summed E-state index contributed by atoms with van der Waals surface area (Å²) in [5, 5.41) is -0.0657. The Kier molecular flexibility index (Phi) is 4.20. The minimum absolute atomic E-state index is 0.0657. The van der Waals surface area contributed by atoms with E-state index in [0.717, 1.165) is 12.1 Å². The Bertz CT molecular complexity index is 389. The van der Waals surface area contributed by atoms with Crippen LogP contribution in [0.3, 0.4) is 0 Å². The van der Waals surface area contributed by atoms with Crippen molar-refractivity contribution in [3.63, 3.8) is 0 Å². The van der Waals surface area contributed by atoms with Crippen LogP contribution in [-0.2, 0) is 9.53 Å². The number of ether oxygens (including phenoxy) is 1. The van der Waals surface area contributed by atoms with Gasteiger partial charge < -0.3 is 10.5 Å². The van der Waals surface area contributed by atoms with Crippen LogP contribution in [-0.4, -0.2) is 13.1 Å². The van der Waals surface area contributed by atoms with E-state index in [-0.39, 0.29) is 17.0 Å². The van der Waals surface area contributed by atoms with Crippen molar-refractivity contribution < 1.29 is 18.3 Å². The van der Waals surface area contributed by atoms with Gasteiger partial charge in [-0.1, -0.05) is 11.6 Å². The maximum atomic E-state index is 13.4. The van der Waals surface area contributed by atoms with E-state index in [0.29, 0.717) is 0 Å². The molecule has 0 heterocycles. The van der Waals surface area contributed by atoms with E-state index in [1.807, 2.05) is 0 Å². The van der Waals surface area contributed by atoms with Crippen LogP contribution in [0.2, 0.25) is 5.02 Å². The van der Waals surface area contributed by atoms with Gasteiger partial charge in [-0.25, -0.2) is 8.78 Å². The summed E-state index contributed by atoms with van der Waals surface area (Å²) in [6, 6.07) is 0.790. The molecule has 16 heavy (non-hydrogen) atoms. The van der Waals surface area contributed by atoms with Gasteiger partial charge >= 0.3 is 5.97 Å². The Labute approximate surface area is 96.1 Å². The maximum Gasteiger partial charge on any atom is 0.307 e. The first-order valence-corrected chi connectivity index (χ1v) is 4.80. The Morgan fingerprint density at radius 1 is 1.50 bits per heavy atom. The molecule has 1 aromatic rings. The molecule has 0 bridgehead atoms. The molecule has 6 heteroatoms. The molecule has 2 N–H and O–H groups in total. The summed E-state index contributed by atoms with van der Waals surface area (Å²) in [6.45, 7) is 0. The van der Waals surface area contributed by atoms with Crippen LogP contribution in [0.4, 0.5) is 8.78 Å². The quantitative estimate of drug-likeness (QED) is 0.836.